The number of morpholine rings is 1. The molecule has 0 saturated carbocycles. The number of carbonyl (C=O) groups is 1. The predicted octanol–water partition coefficient (Wildman–Crippen LogP) is 0.376. The highest BCUT2D eigenvalue weighted by atomic mass is 16.5. The maximum Gasteiger partial charge on any atom is 0.222 e. The molecule has 0 aromatic heterocycles. The van der Waals surface area contributed by atoms with Gasteiger partial charge in [0.2, 0.25) is 5.91 Å². The van der Waals surface area contributed by atoms with Crippen molar-refractivity contribution in [2.24, 2.45) is 5.73 Å². The van der Waals surface area contributed by atoms with Gasteiger partial charge in [0.05, 0.1) is 18.3 Å². The van der Waals surface area contributed by atoms with E-state index >= 15 is 0 Å². The summed E-state index contributed by atoms with van der Waals surface area (Å²) in [5, 5.41) is 0. The molecule has 100 valence electrons. The number of hydrogen-bond donors (Lipinski definition) is 1. The molecule has 0 aliphatic carbocycles. The van der Waals surface area contributed by atoms with Gasteiger partial charge in [0, 0.05) is 33.2 Å². The highest BCUT2D eigenvalue weighted by molar-refractivity contribution is 5.76. The van der Waals surface area contributed by atoms with Crippen molar-refractivity contribution in [2.45, 2.75) is 45.0 Å². The second-order valence-corrected chi connectivity index (χ2v) is 4.69. The molecular weight excluding hydrogens is 220 g/mol. The molecule has 0 aromatic carbocycles. The Morgan fingerprint density at radius 3 is 2.88 bits per heavy atom. The Kier molecular flexibility index (Phi) is 5.88. The normalized spacial score (nSPS) is 26.9. The fraction of sp³-hybridized carbons (Fsp3) is 0.917. The summed E-state index contributed by atoms with van der Waals surface area (Å²) in [5.74, 6) is 0.169. The molecule has 2 N–H and O–H groups in total. The van der Waals surface area contributed by atoms with Gasteiger partial charge in [-0.05, 0) is 20.3 Å². The molecule has 0 radical (unpaired) electrons. The van der Waals surface area contributed by atoms with E-state index < -0.39 is 0 Å². The quantitative estimate of drug-likeness (QED) is 0.759. The van der Waals surface area contributed by atoms with E-state index in [9.17, 15) is 4.79 Å². The minimum Gasteiger partial charge on any atom is -0.382 e. The van der Waals surface area contributed by atoms with E-state index in [4.69, 9.17) is 15.2 Å². The van der Waals surface area contributed by atoms with E-state index in [1.165, 1.54) is 0 Å². The summed E-state index contributed by atoms with van der Waals surface area (Å²) in [6.07, 6.45) is 1.46. The van der Waals surface area contributed by atoms with Crippen LogP contribution >= 0.6 is 0 Å². The average molecular weight is 244 g/mol. The van der Waals surface area contributed by atoms with Crippen LogP contribution in [0.4, 0.5) is 0 Å². The summed E-state index contributed by atoms with van der Waals surface area (Å²) in [7, 11) is 1.66. The van der Waals surface area contributed by atoms with Gasteiger partial charge in [0.15, 0.2) is 0 Å². The first kappa shape index (κ1) is 14.4. The Morgan fingerprint density at radius 1 is 1.59 bits per heavy atom. The van der Waals surface area contributed by atoms with Crippen molar-refractivity contribution in [1.82, 2.24) is 4.90 Å². The molecule has 3 atom stereocenters. The SMILES string of the molecule is COC(C)CCC(=O)N1CC(C)OC(CN)C1. The first-order chi connectivity index (χ1) is 8.06. The number of nitrogens with zero attached hydrogens (tertiary/aromatic N) is 1. The summed E-state index contributed by atoms with van der Waals surface area (Å²) in [5.41, 5.74) is 5.59. The predicted molar refractivity (Wildman–Crippen MR) is 65.7 cm³/mol. The van der Waals surface area contributed by atoms with Gasteiger partial charge in [0.1, 0.15) is 0 Å². The Morgan fingerprint density at radius 2 is 2.29 bits per heavy atom. The number of nitrogens with two attached hydrogens (primary N) is 1. The maximum atomic E-state index is 12.0. The van der Waals surface area contributed by atoms with Gasteiger partial charge in [-0.1, -0.05) is 0 Å². The van der Waals surface area contributed by atoms with E-state index in [-0.39, 0.29) is 24.2 Å². The summed E-state index contributed by atoms with van der Waals surface area (Å²) in [4.78, 5) is 13.9. The third kappa shape index (κ3) is 4.61. The van der Waals surface area contributed by atoms with E-state index in [0.29, 0.717) is 26.1 Å². The Labute approximate surface area is 103 Å². The lowest BCUT2D eigenvalue weighted by molar-refractivity contribution is -0.144. The van der Waals surface area contributed by atoms with Crippen molar-refractivity contribution in [1.29, 1.82) is 0 Å². The van der Waals surface area contributed by atoms with Crippen LogP contribution in [0.5, 0.6) is 0 Å². The summed E-state index contributed by atoms with van der Waals surface area (Å²) in [6.45, 7) is 5.68. The molecule has 0 spiro atoms. The fourth-order valence-corrected chi connectivity index (χ4v) is 1.98. The van der Waals surface area contributed by atoms with Crippen molar-refractivity contribution in [3.63, 3.8) is 0 Å². The summed E-state index contributed by atoms with van der Waals surface area (Å²) >= 11 is 0. The molecule has 1 amide bonds. The van der Waals surface area contributed by atoms with Gasteiger partial charge in [-0.15, -0.1) is 0 Å². The second-order valence-electron chi connectivity index (χ2n) is 4.69. The van der Waals surface area contributed by atoms with Crippen molar-refractivity contribution >= 4 is 5.91 Å². The number of methoxy groups -OCH3 is 1. The van der Waals surface area contributed by atoms with Gasteiger partial charge in [-0.25, -0.2) is 0 Å². The summed E-state index contributed by atoms with van der Waals surface area (Å²) in [6, 6.07) is 0. The molecular formula is C12H24N2O3. The van der Waals surface area contributed by atoms with E-state index in [2.05, 4.69) is 0 Å². The molecule has 1 aliphatic rings. The van der Waals surface area contributed by atoms with Crippen molar-refractivity contribution < 1.29 is 14.3 Å². The highest BCUT2D eigenvalue weighted by Crippen LogP contribution is 2.13. The van der Waals surface area contributed by atoms with Crippen LogP contribution in [0.3, 0.4) is 0 Å². The topological polar surface area (TPSA) is 64.8 Å². The number of hydrogen-bond acceptors (Lipinski definition) is 4. The number of ether oxygens (including phenoxy) is 2. The van der Waals surface area contributed by atoms with Crippen LogP contribution in [-0.4, -0.2) is 55.9 Å². The van der Waals surface area contributed by atoms with Gasteiger partial charge in [0.25, 0.3) is 0 Å². The minimum absolute atomic E-state index is 0.0254. The number of rotatable bonds is 5. The summed E-state index contributed by atoms with van der Waals surface area (Å²) < 4.78 is 10.8. The lowest BCUT2D eigenvalue weighted by atomic mass is 10.1. The Hall–Kier alpha value is -0.650. The van der Waals surface area contributed by atoms with Crippen molar-refractivity contribution in [3.05, 3.63) is 0 Å². The Bertz CT molecular complexity index is 248. The van der Waals surface area contributed by atoms with Crippen molar-refractivity contribution in [2.75, 3.05) is 26.7 Å². The molecule has 5 heteroatoms. The molecule has 17 heavy (non-hydrogen) atoms. The van der Waals surface area contributed by atoms with Gasteiger partial charge in [-0.3, -0.25) is 4.79 Å². The van der Waals surface area contributed by atoms with Crippen LogP contribution in [0.2, 0.25) is 0 Å². The molecule has 1 heterocycles. The van der Waals surface area contributed by atoms with Crippen LogP contribution in [0.15, 0.2) is 0 Å². The third-order valence-electron chi connectivity index (χ3n) is 3.11. The molecule has 1 aliphatic heterocycles. The maximum absolute atomic E-state index is 12.0. The standard InChI is InChI=1S/C12H24N2O3/c1-9(16-3)4-5-12(15)14-7-10(2)17-11(6-13)8-14/h9-11H,4-8,13H2,1-3H3. The Balaban J connectivity index is 2.39. The van der Waals surface area contributed by atoms with Crippen molar-refractivity contribution in [3.8, 4) is 0 Å². The number of carbonyl (C=O) groups excluding carboxylic acids is 1. The first-order valence-electron chi connectivity index (χ1n) is 6.23. The van der Waals surface area contributed by atoms with Crippen LogP contribution in [-0.2, 0) is 14.3 Å². The van der Waals surface area contributed by atoms with Crippen LogP contribution < -0.4 is 5.73 Å². The zero-order chi connectivity index (χ0) is 12.8. The second kappa shape index (κ2) is 6.93. The van der Waals surface area contributed by atoms with Gasteiger partial charge in [-0.2, -0.15) is 0 Å². The zero-order valence-corrected chi connectivity index (χ0v) is 11.0. The largest absolute Gasteiger partial charge is 0.382 e. The first-order valence-corrected chi connectivity index (χ1v) is 6.23. The van der Waals surface area contributed by atoms with Gasteiger partial charge >= 0.3 is 0 Å². The lowest BCUT2D eigenvalue weighted by Crippen LogP contribution is -2.51. The molecule has 0 aromatic rings. The fourth-order valence-electron chi connectivity index (χ4n) is 1.98. The van der Waals surface area contributed by atoms with E-state index in [0.717, 1.165) is 6.42 Å². The van der Waals surface area contributed by atoms with E-state index in [1.54, 1.807) is 7.11 Å². The zero-order valence-electron chi connectivity index (χ0n) is 11.0. The molecule has 5 nitrogen and oxygen atoms in total. The smallest absolute Gasteiger partial charge is 0.222 e. The lowest BCUT2D eigenvalue weighted by Gasteiger charge is -2.36. The minimum atomic E-state index is -0.0254. The van der Waals surface area contributed by atoms with Crippen LogP contribution in [0.25, 0.3) is 0 Å². The number of amides is 1. The third-order valence-corrected chi connectivity index (χ3v) is 3.11. The van der Waals surface area contributed by atoms with E-state index in [1.807, 2.05) is 18.7 Å². The highest BCUT2D eigenvalue weighted by Gasteiger charge is 2.27. The molecule has 3 unspecified atom stereocenters. The van der Waals surface area contributed by atoms with Gasteiger partial charge < -0.3 is 20.1 Å². The van der Waals surface area contributed by atoms with Crippen LogP contribution in [0, 0.1) is 0 Å². The monoisotopic (exact) mass is 244 g/mol. The molecule has 0 bridgehead atoms. The van der Waals surface area contributed by atoms with Crippen LogP contribution in [0.1, 0.15) is 26.7 Å². The molecule has 1 fully saturated rings. The molecule has 1 saturated heterocycles. The molecule has 1 rings (SSSR count). The average Bonchev–Trinajstić information content (AvgIpc) is 2.34.